The number of rotatable bonds is 1. The Morgan fingerprint density at radius 1 is 1.32 bits per heavy atom. The van der Waals surface area contributed by atoms with E-state index in [0.717, 1.165) is 0 Å². The smallest absolute Gasteiger partial charge is 0.303 e. The lowest BCUT2D eigenvalue weighted by Crippen LogP contribution is -2.70. The van der Waals surface area contributed by atoms with E-state index in [1.54, 1.807) is 6.92 Å². The second kappa shape index (κ2) is 3.67. The van der Waals surface area contributed by atoms with Crippen LogP contribution < -0.4 is 0 Å². The molecule has 19 heavy (non-hydrogen) atoms. The second-order valence-corrected chi connectivity index (χ2v) is 5.99. The summed E-state index contributed by atoms with van der Waals surface area (Å²) in [5.41, 5.74) is -1.45. The van der Waals surface area contributed by atoms with Gasteiger partial charge in [0.2, 0.25) is 5.79 Å². The summed E-state index contributed by atoms with van der Waals surface area (Å²) in [7, 11) is 0. The summed E-state index contributed by atoms with van der Waals surface area (Å²) < 4.78 is 17.1. The fourth-order valence-electron chi connectivity index (χ4n) is 3.48. The Morgan fingerprint density at radius 2 is 1.95 bits per heavy atom. The van der Waals surface area contributed by atoms with Crippen molar-refractivity contribution in [3.63, 3.8) is 0 Å². The van der Waals surface area contributed by atoms with Crippen molar-refractivity contribution in [3.05, 3.63) is 12.2 Å². The molecule has 104 valence electrons. The summed E-state index contributed by atoms with van der Waals surface area (Å²) in [5, 5.41) is 0. The number of fused-ring (bicyclic) bond motifs is 1. The Morgan fingerprint density at radius 3 is 2.47 bits per heavy atom. The first kappa shape index (κ1) is 12.8. The quantitative estimate of drug-likeness (QED) is 0.527. The summed E-state index contributed by atoms with van der Waals surface area (Å²) in [6.07, 6.45) is 3.43. The van der Waals surface area contributed by atoms with Gasteiger partial charge in [0, 0.05) is 13.3 Å². The van der Waals surface area contributed by atoms with Crippen molar-refractivity contribution in [1.82, 2.24) is 0 Å². The maximum Gasteiger partial charge on any atom is 0.303 e. The standard InChI is InChI=1S/C14H18O5/c1-9(15)19-11-13(3)5-4-12(2,8-10(13)16)14(11)17-6-7-18-14/h4-5,11H,6-8H2,1-3H3/t11-,12?,13?/m1/s1. The van der Waals surface area contributed by atoms with Gasteiger partial charge in [-0.05, 0) is 6.92 Å². The van der Waals surface area contributed by atoms with Crippen LogP contribution in [0.4, 0.5) is 0 Å². The highest BCUT2D eigenvalue weighted by Crippen LogP contribution is 2.59. The molecular formula is C14H18O5. The van der Waals surface area contributed by atoms with Gasteiger partial charge in [-0.1, -0.05) is 19.1 Å². The molecule has 5 nitrogen and oxygen atoms in total. The highest BCUT2D eigenvalue weighted by atomic mass is 16.8. The molecule has 4 rings (SSSR count). The van der Waals surface area contributed by atoms with Crippen LogP contribution in [-0.2, 0) is 23.8 Å². The van der Waals surface area contributed by atoms with Crippen molar-refractivity contribution in [3.8, 4) is 0 Å². The number of carbonyl (C=O) groups excluding carboxylic acids is 2. The van der Waals surface area contributed by atoms with E-state index in [2.05, 4.69) is 0 Å². The van der Waals surface area contributed by atoms with Crippen molar-refractivity contribution in [2.75, 3.05) is 13.2 Å². The summed E-state index contributed by atoms with van der Waals surface area (Å²) in [4.78, 5) is 23.8. The third kappa shape index (κ3) is 1.43. The Balaban J connectivity index is 2.14. The van der Waals surface area contributed by atoms with Gasteiger partial charge in [-0.25, -0.2) is 0 Å². The molecule has 3 atom stereocenters. The molecule has 0 radical (unpaired) electrons. The van der Waals surface area contributed by atoms with Crippen LogP contribution in [0.1, 0.15) is 27.2 Å². The molecule has 3 aliphatic carbocycles. The van der Waals surface area contributed by atoms with E-state index in [-0.39, 0.29) is 5.78 Å². The molecule has 1 saturated carbocycles. The summed E-state index contributed by atoms with van der Waals surface area (Å²) in [6, 6.07) is 0. The van der Waals surface area contributed by atoms with Gasteiger partial charge in [-0.3, -0.25) is 9.59 Å². The molecule has 1 heterocycles. The monoisotopic (exact) mass is 266 g/mol. The fraction of sp³-hybridized carbons (Fsp3) is 0.714. The van der Waals surface area contributed by atoms with Gasteiger partial charge >= 0.3 is 5.97 Å². The highest BCUT2D eigenvalue weighted by molar-refractivity contribution is 5.91. The maximum atomic E-state index is 12.4. The number of hydrogen-bond donors (Lipinski definition) is 0. The lowest BCUT2D eigenvalue weighted by atomic mass is 9.54. The van der Waals surface area contributed by atoms with E-state index in [9.17, 15) is 9.59 Å². The fourth-order valence-corrected chi connectivity index (χ4v) is 3.48. The number of esters is 1. The first-order valence-corrected chi connectivity index (χ1v) is 6.53. The topological polar surface area (TPSA) is 61.8 Å². The lowest BCUT2D eigenvalue weighted by Gasteiger charge is -2.58. The first-order valence-electron chi connectivity index (χ1n) is 6.53. The molecule has 2 fully saturated rings. The predicted octanol–water partition coefficient (Wildman–Crippen LogP) is 1.22. The van der Waals surface area contributed by atoms with Crippen LogP contribution in [0.2, 0.25) is 0 Å². The molecule has 0 N–H and O–H groups in total. The Kier molecular flexibility index (Phi) is 2.48. The van der Waals surface area contributed by atoms with Gasteiger partial charge in [-0.2, -0.15) is 0 Å². The molecular weight excluding hydrogens is 248 g/mol. The minimum absolute atomic E-state index is 0.0634. The number of Topliss-reactive ketones (excluding diaryl/α,β-unsaturated/α-hetero) is 1. The summed E-state index contributed by atoms with van der Waals surface area (Å²) >= 11 is 0. The number of hydrogen-bond acceptors (Lipinski definition) is 5. The van der Waals surface area contributed by atoms with Gasteiger partial charge in [0.25, 0.3) is 0 Å². The van der Waals surface area contributed by atoms with Gasteiger partial charge in [-0.15, -0.1) is 0 Å². The molecule has 1 saturated heterocycles. The van der Waals surface area contributed by atoms with E-state index < -0.39 is 28.7 Å². The lowest BCUT2D eigenvalue weighted by molar-refractivity contribution is -0.306. The number of ketones is 1. The average molecular weight is 266 g/mol. The van der Waals surface area contributed by atoms with Gasteiger partial charge in [0.1, 0.15) is 5.78 Å². The first-order chi connectivity index (χ1) is 8.84. The maximum absolute atomic E-state index is 12.4. The van der Waals surface area contributed by atoms with Crippen molar-refractivity contribution < 1.29 is 23.8 Å². The largest absolute Gasteiger partial charge is 0.455 e. The molecule has 2 unspecified atom stereocenters. The van der Waals surface area contributed by atoms with Crippen molar-refractivity contribution in [2.45, 2.75) is 39.1 Å². The zero-order valence-corrected chi connectivity index (χ0v) is 11.4. The molecule has 0 aromatic rings. The SMILES string of the molecule is CC(=O)O[C@@H]1C2(C)C=CC(C)(CC2=O)C12OCCO2. The highest BCUT2D eigenvalue weighted by Gasteiger charge is 2.71. The van der Waals surface area contributed by atoms with Gasteiger partial charge in [0.15, 0.2) is 6.10 Å². The van der Waals surface area contributed by atoms with Crippen LogP contribution in [0, 0.1) is 10.8 Å². The molecule has 2 bridgehead atoms. The van der Waals surface area contributed by atoms with Crippen molar-refractivity contribution in [2.24, 2.45) is 10.8 Å². The van der Waals surface area contributed by atoms with Crippen molar-refractivity contribution in [1.29, 1.82) is 0 Å². The average Bonchev–Trinajstić information content (AvgIpc) is 2.80. The van der Waals surface area contributed by atoms with E-state index >= 15 is 0 Å². The van der Waals surface area contributed by atoms with E-state index in [1.165, 1.54) is 6.92 Å². The zero-order chi connectivity index (χ0) is 13.9. The molecule has 4 aliphatic rings. The van der Waals surface area contributed by atoms with E-state index in [0.29, 0.717) is 19.6 Å². The van der Waals surface area contributed by atoms with Crippen LogP contribution >= 0.6 is 0 Å². The molecule has 0 amide bonds. The third-order valence-corrected chi connectivity index (χ3v) is 4.61. The molecule has 0 aromatic carbocycles. The summed E-state index contributed by atoms with van der Waals surface area (Å²) in [6.45, 7) is 5.94. The van der Waals surface area contributed by atoms with Gasteiger partial charge < -0.3 is 14.2 Å². The van der Waals surface area contributed by atoms with Crippen LogP contribution in [0.25, 0.3) is 0 Å². The molecule has 5 heteroatoms. The molecule has 1 spiro atoms. The van der Waals surface area contributed by atoms with Crippen molar-refractivity contribution >= 4 is 11.8 Å². The van der Waals surface area contributed by atoms with E-state index in [4.69, 9.17) is 14.2 Å². The molecule has 0 aromatic heterocycles. The van der Waals surface area contributed by atoms with Crippen LogP contribution in [0.5, 0.6) is 0 Å². The zero-order valence-electron chi connectivity index (χ0n) is 11.4. The minimum atomic E-state index is -1.03. The third-order valence-electron chi connectivity index (χ3n) is 4.61. The molecule has 1 aliphatic heterocycles. The van der Waals surface area contributed by atoms with Crippen LogP contribution in [0.3, 0.4) is 0 Å². The number of carbonyl (C=O) groups is 2. The Hall–Kier alpha value is -1.20. The van der Waals surface area contributed by atoms with Gasteiger partial charge in [0.05, 0.1) is 24.0 Å². The van der Waals surface area contributed by atoms with E-state index in [1.807, 2.05) is 19.1 Å². The van der Waals surface area contributed by atoms with Crippen LogP contribution in [0.15, 0.2) is 12.2 Å². The Labute approximate surface area is 111 Å². The second-order valence-electron chi connectivity index (χ2n) is 5.99. The predicted molar refractivity (Wildman–Crippen MR) is 65.2 cm³/mol. The normalized spacial score (nSPS) is 42.9. The minimum Gasteiger partial charge on any atom is -0.455 e. The Bertz CT molecular complexity index is 476. The number of ether oxygens (including phenoxy) is 3. The summed E-state index contributed by atoms with van der Waals surface area (Å²) in [5.74, 6) is -1.40. The van der Waals surface area contributed by atoms with Crippen LogP contribution in [-0.4, -0.2) is 36.9 Å².